The Morgan fingerprint density at radius 2 is 1.67 bits per heavy atom. The number of amides is 1. The molecule has 4 aromatic rings. The first kappa shape index (κ1) is 22.7. The normalized spacial score (nSPS) is 11.2. The number of hydrogen-bond donors (Lipinski definition) is 0. The molecule has 1 amide bonds. The lowest BCUT2D eigenvalue weighted by Gasteiger charge is -2.10. The summed E-state index contributed by atoms with van der Waals surface area (Å²) in [5, 5.41) is 2.69. The van der Waals surface area contributed by atoms with Gasteiger partial charge in [0.05, 0.1) is 11.3 Å². The van der Waals surface area contributed by atoms with Crippen molar-refractivity contribution in [2.75, 3.05) is 0 Å². The monoisotopic (exact) mass is 562 g/mol. The van der Waals surface area contributed by atoms with Gasteiger partial charge < -0.3 is 0 Å². The highest BCUT2D eigenvalue weighted by Gasteiger charge is 2.13. The van der Waals surface area contributed by atoms with Gasteiger partial charge in [0.25, 0.3) is 5.91 Å². The van der Waals surface area contributed by atoms with Crippen molar-refractivity contribution in [2.24, 2.45) is 4.99 Å². The van der Waals surface area contributed by atoms with Crippen LogP contribution in [-0.4, -0.2) is 10.5 Å². The third-order valence-electron chi connectivity index (χ3n) is 4.44. The first-order chi connectivity index (χ1) is 14.0. The van der Waals surface area contributed by atoms with E-state index in [1.807, 2.05) is 83.6 Å². The van der Waals surface area contributed by atoms with E-state index in [0.717, 1.165) is 21.4 Å². The van der Waals surface area contributed by atoms with Crippen molar-refractivity contribution >= 4 is 61.8 Å². The molecule has 0 N–H and O–H groups in total. The standard InChI is InChI=1S/C23H16BrClN2OS.BrH/c1-15-6-12-18(13-7-15)27-21(16-8-10-17(25)11-9-16)14-29-23(27)26-22(28)19-4-2-3-5-20(19)24;/h2-14H,1H3;1H. The minimum absolute atomic E-state index is 0. The third kappa shape index (κ3) is 4.83. The van der Waals surface area contributed by atoms with E-state index < -0.39 is 0 Å². The Morgan fingerprint density at radius 3 is 2.33 bits per heavy atom. The largest absolute Gasteiger partial charge is 0.285 e. The maximum Gasteiger partial charge on any atom is 0.280 e. The zero-order chi connectivity index (χ0) is 20.4. The van der Waals surface area contributed by atoms with Crippen LogP contribution >= 0.6 is 55.8 Å². The number of aryl methyl sites for hydroxylation is 1. The third-order valence-corrected chi connectivity index (χ3v) is 6.21. The Kier molecular flexibility index (Phi) is 7.47. The van der Waals surface area contributed by atoms with Crippen molar-refractivity contribution in [1.29, 1.82) is 0 Å². The van der Waals surface area contributed by atoms with Crippen LogP contribution in [0.25, 0.3) is 16.9 Å². The summed E-state index contributed by atoms with van der Waals surface area (Å²) in [6.07, 6.45) is 0. The molecular weight excluding hydrogens is 548 g/mol. The van der Waals surface area contributed by atoms with Crippen LogP contribution in [0.15, 0.2) is 87.6 Å². The van der Waals surface area contributed by atoms with Crippen LogP contribution in [0.4, 0.5) is 0 Å². The lowest BCUT2D eigenvalue weighted by atomic mass is 10.1. The lowest BCUT2D eigenvalue weighted by molar-refractivity contribution is 0.0997. The molecule has 152 valence electrons. The maximum atomic E-state index is 12.8. The van der Waals surface area contributed by atoms with Gasteiger partial charge in [-0.3, -0.25) is 9.36 Å². The molecule has 0 bridgehead atoms. The summed E-state index contributed by atoms with van der Waals surface area (Å²) >= 11 is 10.9. The average Bonchev–Trinajstić information content (AvgIpc) is 3.13. The fraction of sp³-hybridized carbons (Fsp3) is 0.0435. The van der Waals surface area contributed by atoms with Crippen molar-refractivity contribution in [2.45, 2.75) is 6.92 Å². The van der Waals surface area contributed by atoms with Gasteiger partial charge in [-0.15, -0.1) is 28.3 Å². The van der Waals surface area contributed by atoms with E-state index in [0.29, 0.717) is 15.4 Å². The number of carbonyl (C=O) groups excluding carboxylic acids is 1. The Morgan fingerprint density at radius 1 is 1.00 bits per heavy atom. The van der Waals surface area contributed by atoms with Gasteiger partial charge in [-0.05, 0) is 64.8 Å². The molecule has 30 heavy (non-hydrogen) atoms. The van der Waals surface area contributed by atoms with Crippen molar-refractivity contribution < 1.29 is 4.79 Å². The van der Waals surface area contributed by atoms with E-state index in [1.54, 1.807) is 6.07 Å². The summed E-state index contributed by atoms with van der Waals surface area (Å²) in [5.74, 6) is -0.289. The zero-order valence-electron chi connectivity index (χ0n) is 15.9. The Balaban J connectivity index is 0.00000256. The van der Waals surface area contributed by atoms with Gasteiger partial charge >= 0.3 is 0 Å². The molecule has 0 aliphatic rings. The molecule has 0 atom stereocenters. The van der Waals surface area contributed by atoms with Crippen LogP contribution in [0.2, 0.25) is 5.02 Å². The predicted molar refractivity (Wildman–Crippen MR) is 133 cm³/mol. The van der Waals surface area contributed by atoms with Gasteiger partial charge in [-0.2, -0.15) is 4.99 Å². The predicted octanol–water partition coefficient (Wildman–Crippen LogP) is 7.25. The minimum Gasteiger partial charge on any atom is -0.285 e. The quantitative estimate of drug-likeness (QED) is 0.258. The molecule has 0 saturated carbocycles. The van der Waals surface area contributed by atoms with Crippen molar-refractivity contribution in [3.05, 3.63) is 104 Å². The SMILES string of the molecule is Br.Cc1ccc(-n2c(-c3ccc(Cl)cc3)csc2=NC(=O)c2ccccc2Br)cc1. The van der Waals surface area contributed by atoms with E-state index in [-0.39, 0.29) is 22.9 Å². The van der Waals surface area contributed by atoms with Gasteiger partial charge in [0, 0.05) is 20.6 Å². The topological polar surface area (TPSA) is 34.4 Å². The van der Waals surface area contributed by atoms with Crippen molar-refractivity contribution in [3.63, 3.8) is 0 Å². The lowest BCUT2D eigenvalue weighted by Crippen LogP contribution is -2.16. The number of thiazole rings is 1. The number of nitrogens with zero attached hydrogens (tertiary/aromatic N) is 2. The molecule has 3 nitrogen and oxygen atoms in total. The number of carbonyl (C=O) groups is 1. The van der Waals surface area contributed by atoms with Gasteiger partial charge in [0.2, 0.25) is 0 Å². The maximum absolute atomic E-state index is 12.8. The summed E-state index contributed by atoms with van der Waals surface area (Å²) in [5.41, 5.74) is 4.60. The molecule has 4 rings (SSSR count). The van der Waals surface area contributed by atoms with Crippen LogP contribution < -0.4 is 4.80 Å². The summed E-state index contributed by atoms with van der Waals surface area (Å²) in [6, 6.07) is 23.1. The van der Waals surface area contributed by atoms with E-state index >= 15 is 0 Å². The molecule has 0 radical (unpaired) electrons. The molecule has 7 heteroatoms. The van der Waals surface area contributed by atoms with E-state index in [9.17, 15) is 4.79 Å². The second kappa shape index (κ2) is 9.88. The van der Waals surface area contributed by atoms with Gasteiger partial charge in [-0.25, -0.2) is 0 Å². The van der Waals surface area contributed by atoms with Gasteiger partial charge in [0.15, 0.2) is 4.80 Å². The average molecular weight is 565 g/mol. The van der Waals surface area contributed by atoms with E-state index in [1.165, 1.54) is 16.9 Å². The van der Waals surface area contributed by atoms with Crippen molar-refractivity contribution in [1.82, 2.24) is 4.57 Å². The smallest absolute Gasteiger partial charge is 0.280 e. The minimum atomic E-state index is -0.289. The van der Waals surface area contributed by atoms with Gasteiger partial charge in [-0.1, -0.05) is 53.6 Å². The number of hydrogen-bond acceptors (Lipinski definition) is 2. The van der Waals surface area contributed by atoms with Crippen LogP contribution in [0, 0.1) is 6.92 Å². The zero-order valence-corrected chi connectivity index (χ0v) is 20.8. The first-order valence-electron chi connectivity index (χ1n) is 8.90. The highest BCUT2D eigenvalue weighted by Crippen LogP contribution is 2.25. The molecule has 0 aliphatic heterocycles. The number of aromatic nitrogens is 1. The summed E-state index contributed by atoms with van der Waals surface area (Å²) < 4.78 is 2.73. The number of halogens is 3. The van der Waals surface area contributed by atoms with Crippen molar-refractivity contribution in [3.8, 4) is 16.9 Å². The fourth-order valence-corrected chi connectivity index (χ4v) is 4.42. The second-order valence-electron chi connectivity index (χ2n) is 6.48. The first-order valence-corrected chi connectivity index (χ1v) is 10.9. The molecule has 0 spiro atoms. The summed E-state index contributed by atoms with van der Waals surface area (Å²) in [7, 11) is 0. The molecule has 3 aromatic carbocycles. The van der Waals surface area contributed by atoms with Crippen LogP contribution in [0.1, 0.15) is 15.9 Å². The Hall–Kier alpha value is -1.99. The highest BCUT2D eigenvalue weighted by molar-refractivity contribution is 9.10. The Labute approximate surface area is 202 Å². The molecular formula is C23H17Br2ClN2OS. The highest BCUT2D eigenvalue weighted by atomic mass is 79.9. The number of rotatable bonds is 3. The molecule has 1 heterocycles. The fourth-order valence-electron chi connectivity index (χ4n) is 2.94. The van der Waals surface area contributed by atoms with E-state index in [2.05, 4.69) is 20.9 Å². The molecule has 1 aromatic heterocycles. The second-order valence-corrected chi connectivity index (χ2v) is 8.61. The van der Waals surface area contributed by atoms with Crippen LogP contribution in [0.3, 0.4) is 0 Å². The van der Waals surface area contributed by atoms with Crippen LogP contribution in [-0.2, 0) is 0 Å². The summed E-state index contributed by atoms with van der Waals surface area (Å²) in [4.78, 5) is 17.9. The molecule has 0 aliphatic carbocycles. The molecule has 0 saturated heterocycles. The molecule has 0 fully saturated rings. The number of benzene rings is 3. The van der Waals surface area contributed by atoms with Gasteiger partial charge in [0.1, 0.15) is 0 Å². The molecule has 0 unspecified atom stereocenters. The van der Waals surface area contributed by atoms with E-state index in [4.69, 9.17) is 11.6 Å². The Bertz CT molecular complexity index is 1250. The van der Waals surface area contributed by atoms with Crippen LogP contribution in [0.5, 0.6) is 0 Å². The summed E-state index contributed by atoms with van der Waals surface area (Å²) in [6.45, 7) is 2.05.